The number of hydrogen-bond donors (Lipinski definition) is 1. The molecule has 1 N–H and O–H groups in total. The molecule has 0 fully saturated rings. The van der Waals surface area contributed by atoms with Crippen molar-refractivity contribution in [3.63, 3.8) is 0 Å². The molecule has 1 heterocycles. The molecule has 0 aromatic heterocycles. The Hall–Kier alpha value is -0.630. The predicted molar refractivity (Wildman–Crippen MR) is 59.5 cm³/mol. The first kappa shape index (κ1) is 8.95. The van der Waals surface area contributed by atoms with Gasteiger partial charge in [-0.05, 0) is 30.5 Å². The molecule has 0 bridgehead atoms. The summed E-state index contributed by atoms with van der Waals surface area (Å²) in [5.74, 6) is 0.619. The maximum atomic E-state index is 3.46. The van der Waals surface area contributed by atoms with E-state index in [4.69, 9.17) is 0 Å². The Kier molecular flexibility index (Phi) is 2.24. The molecule has 1 aromatic rings. The second kappa shape index (κ2) is 3.26. The van der Waals surface area contributed by atoms with Crippen LogP contribution in [0.5, 0.6) is 0 Å². The molecule has 0 saturated carbocycles. The van der Waals surface area contributed by atoms with E-state index in [2.05, 4.69) is 44.3 Å². The van der Waals surface area contributed by atoms with Gasteiger partial charge in [0.2, 0.25) is 0 Å². The smallest absolute Gasteiger partial charge is 0.0741 e. The summed E-state index contributed by atoms with van der Waals surface area (Å²) in [6.45, 7) is 6.65. The standard InChI is InChI=1S/C11H15NS/c1-7(2)9-4-5-11-10(6-9)12-8(3)13-11/h4-8,12H,1-3H3. The fraction of sp³-hybridized carbons (Fsp3) is 0.455. The van der Waals surface area contributed by atoms with E-state index in [0.717, 1.165) is 0 Å². The topological polar surface area (TPSA) is 12.0 Å². The first-order valence-corrected chi connectivity index (χ1v) is 5.62. The third kappa shape index (κ3) is 1.68. The van der Waals surface area contributed by atoms with Crippen molar-refractivity contribution < 1.29 is 0 Å². The third-order valence-electron chi connectivity index (χ3n) is 2.33. The zero-order valence-electron chi connectivity index (χ0n) is 8.29. The number of rotatable bonds is 1. The first-order valence-electron chi connectivity index (χ1n) is 4.74. The Bertz CT molecular complexity index is 320. The molecule has 1 aromatic carbocycles. The maximum absolute atomic E-state index is 3.46. The maximum Gasteiger partial charge on any atom is 0.0741 e. The molecule has 0 aliphatic carbocycles. The van der Waals surface area contributed by atoms with Gasteiger partial charge in [-0.25, -0.2) is 0 Å². The van der Waals surface area contributed by atoms with Crippen molar-refractivity contribution in [3.05, 3.63) is 23.8 Å². The van der Waals surface area contributed by atoms with Crippen molar-refractivity contribution >= 4 is 17.4 Å². The van der Waals surface area contributed by atoms with Crippen molar-refractivity contribution in [1.29, 1.82) is 0 Å². The van der Waals surface area contributed by atoms with Gasteiger partial charge in [0.05, 0.1) is 5.37 Å². The van der Waals surface area contributed by atoms with Gasteiger partial charge in [0.15, 0.2) is 0 Å². The minimum atomic E-state index is 0.525. The van der Waals surface area contributed by atoms with Gasteiger partial charge in [-0.2, -0.15) is 0 Å². The number of anilines is 1. The summed E-state index contributed by atoms with van der Waals surface area (Å²) in [5, 5.41) is 3.98. The highest BCUT2D eigenvalue weighted by Crippen LogP contribution is 2.39. The van der Waals surface area contributed by atoms with Crippen LogP contribution in [-0.4, -0.2) is 5.37 Å². The average molecular weight is 193 g/mol. The minimum Gasteiger partial charge on any atom is -0.372 e. The summed E-state index contributed by atoms with van der Waals surface area (Å²) in [7, 11) is 0. The van der Waals surface area contributed by atoms with E-state index in [1.807, 2.05) is 11.8 Å². The highest BCUT2D eigenvalue weighted by molar-refractivity contribution is 8.00. The molecule has 1 nitrogen and oxygen atoms in total. The summed E-state index contributed by atoms with van der Waals surface area (Å²) < 4.78 is 0. The monoisotopic (exact) mass is 193 g/mol. The van der Waals surface area contributed by atoms with Crippen LogP contribution < -0.4 is 5.32 Å². The van der Waals surface area contributed by atoms with Crippen LogP contribution >= 0.6 is 11.8 Å². The molecule has 0 spiro atoms. The van der Waals surface area contributed by atoms with Crippen molar-refractivity contribution in [1.82, 2.24) is 0 Å². The van der Waals surface area contributed by atoms with E-state index >= 15 is 0 Å². The largest absolute Gasteiger partial charge is 0.372 e. The summed E-state index contributed by atoms with van der Waals surface area (Å²) in [4.78, 5) is 1.39. The summed E-state index contributed by atoms with van der Waals surface area (Å²) in [6, 6.07) is 6.73. The lowest BCUT2D eigenvalue weighted by molar-refractivity contribution is 0.865. The fourth-order valence-electron chi connectivity index (χ4n) is 1.56. The molecule has 0 saturated heterocycles. The average Bonchev–Trinajstić information content (AvgIpc) is 2.42. The van der Waals surface area contributed by atoms with Crippen LogP contribution in [0.3, 0.4) is 0 Å². The number of nitrogens with one attached hydrogen (secondary N) is 1. The van der Waals surface area contributed by atoms with E-state index in [0.29, 0.717) is 11.3 Å². The van der Waals surface area contributed by atoms with Gasteiger partial charge in [-0.3, -0.25) is 0 Å². The van der Waals surface area contributed by atoms with E-state index in [1.165, 1.54) is 16.1 Å². The second-order valence-electron chi connectivity index (χ2n) is 3.81. The molecule has 1 aliphatic rings. The summed E-state index contributed by atoms with van der Waals surface area (Å²) in [5.41, 5.74) is 2.73. The van der Waals surface area contributed by atoms with Gasteiger partial charge in [0.1, 0.15) is 0 Å². The van der Waals surface area contributed by atoms with Crippen LogP contribution in [0.25, 0.3) is 0 Å². The Morgan fingerprint density at radius 3 is 2.85 bits per heavy atom. The van der Waals surface area contributed by atoms with Crippen LogP contribution in [0.2, 0.25) is 0 Å². The number of benzene rings is 1. The highest BCUT2D eigenvalue weighted by Gasteiger charge is 2.17. The van der Waals surface area contributed by atoms with Gasteiger partial charge in [-0.1, -0.05) is 31.7 Å². The first-order chi connectivity index (χ1) is 6.16. The molecule has 1 unspecified atom stereocenters. The van der Waals surface area contributed by atoms with Gasteiger partial charge in [-0.15, -0.1) is 0 Å². The Morgan fingerprint density at radius 2 is 2.15 bits per heavy atom. The number of fused-ring (bicyclic) bond motifs is 1. The molecule has 2 rings (SSSR count). The second-order valence-corrected chi connectivity index (χ2v) is 5.20. The molecular weight excluding hydrogens is 178 g/mol. The number of thioether (sulfide) groups is 1. The normalized spacial score (nSPS) is 20.2. The quantitative estimate of drug-likeness (QED) is 0.730. The highest BCUT2D eigenvalue weighted by atomic mass is 32.2. The Morgan fingerprint density at radius 1 is 1.38 bits per heavy atom. The SMILES string of the molecule is CC1Nc2cc(C(C)C)ccc2S1. The van der Waals surface area contributed by atoms with E-state index in [1.54, 1.807) is 0 Å². The minimum absolute atomic E-state index is 0.525. The van der Waals surface area contributed by atoms with Crippen molar-refractivity contribution in [2.75, 3.05) is 5.32 Å². The summed E-state index contributed by atoms with van der Waals surface area (Å²) in [6.07, 6.45) is 0. The van der Waals surface area contributed by atoms with E-state index in [-0.39, 0.29) is 0 Å². The van der Waals surface area contributed by atoms with Crippen LogP contribution in [0.15, 0.2) is 23.1 Å². The van der Waals surface area contributed by atoms with E-state index in [9.17, 15) is 0 Å². The molecule has 70 valence electrons. The zero-order valence-corrected chi connectivity index (χ0v) is 9.11. The predicted octanol–water partition coefficient (Wildman–Crippen LogP) is 3.67. The van der Waals surface area contributed by atoms with Crippen LogP contribution in [-0.2, 0) is 0 Å². The van der Waals surface area contributed by atoms with Gasteiger partial charge < -0.3 is 5.32 Å². The van der Waals surface area contributed by atoms with Crippen molar-refractivity contribution in [2.45, 2.75) is 37.0 Å². The Balaban J connectivity index is 2.35. The summed E-state index contributed by atoms with van der Waals surface area (Å²) >= 11 is 1.90. The van der Waals surface area contributed by atoms with E-state index < -0.39 is 0 Å². The lowest BCUT2D eigenvalue weighted by atomic mass is 10.0. The van der Waals surface area contributed by atoms with Gasteiger partial charge in [0, 0.05) is 10.6 Å². The molecule has 13 heavy (non-hydrogen) atoms. The molecule has 0 amide bonds. The lowest BCUT2D eigenvalue weighted by Gasteiger charge is -2.07. The number of hydrogen-bond acceptors (Lipinski definition) is 2. The van der Waals surface area contributed by atoms with Gasteiger partial charge >= 0.3 is 0 Å². The van der Waals surface area contributed by atoms with Crippen molar-refractivity contribution in [2.24, 2.45) is 0 Å². The van der Waals surface area contributed by atoms with Crippen molar-refractivity contribution in [3.8, 4) is 0 Å². The van der Waals surface area contributed by atoms with Gasteiger partial charge in [0.25, 0.3) is 0 Å². The zero-order chi connectivity index (χ0) is 9.42. The Labute approximate surface area is 83.9 Å². The molecular formula is C11H15NS. The molecule has 1 aliphatic heterocycles. The molecule has 0 radical (unpaired) electrons. The van der Waals surface area contributed by atoms with Crippen LogP contribution in [0.1, 0.15) is 32.3 Å². The van der Waals surface area contributed by atoms with Crippen LogP contribution in [0, 0.1) is 0 Å². The molecule has 2 heteroatoms. The van der Waals surface area contributed by atoms with Crippen LogP contribution in [0.4, 0.5) is 5.69 Å². The third-order valence-corrected chi connectivity index (χ3v) is 3.41. The molecule has 1 atom stereocenters. The fourth-order valence-corrected chi connectivity index (χ4v) is 2.52. The lowest BCUT2D eigenvalue weighted by Crippen LogP contribution is -2.02.